The van der Waals surface area contributed by atoms with Gasteiger partial charge in [0, 0.05) is 5.75 Å². The number of allylic oxidation sites excluding steroid dienone is 3. The fourth-order valence-electron chi connectivity index (χ4n) is 0.455. The Bertz CT molecular complexity index is 138. The number of rotatable bonds is 5. The fourth-order valence-corrected chi connectivity index (χ4v) is 0.546. The van der Waals surface area contributed by atoms with E-state index in [0.717, 1.165) is 5.76 Å². The highest BCUT2D eigenvalue weighted by Crippen LogP contribution is 1.98. The molecule has 10 heavy (non-hydrogen) atoms. The van der Waals surface area contributed by atoms with Gasteiger partial charge in [0.05, 0.1) is 6.61 Å². The van der Waals surface area contributed by atoms with Crippen molar-refractivity contribution in [2.24, 2.45) is 0 Å². The van der Waals surface area contributed by atoms with Crippen LogP contribution in [0.25, 0.3) is 0 Å². The molecule has 0 heterocycles. The maximum absolute atomic E-state index is 5.18. The molecule has 0 spiro atoms. The van der Waals surface area contributed by atoms with E-state index in [2.05, 4.69) is 25.8 Å². The van der Waals surface area contributed by atoms with Crippen LogP contribution < -0.4 is 0 Å². The molecule has 0 fully saturated rings. The summed E-state index contributed by atoms with van der Waals surface area (Å²) in [5.74, 6) is 1.45. The molecule has 0 aliphatic rings. The van der Waals surface area contributed by atoms with Gasteiger partial charge in [-0.15, -0.1) is 0 Å². The van der Waals surface area contributed by atoms with Crippen LogP contribution in [0, 0.1) is 0 Å². The largest absolute Gasteiger partial charge is 0.493 e. The van der Waals surface area contributed by atoms with Gasteiger partial charge < -0.3 is 4.74 Å². The molecule has 0 aliphatic carbocycles. The maximum atomic E-state index is 5.18. The molecule has 0 aromatic heterocycles. The minimum Gasteiger partial charge on any atom is -0.493 e. The van der Waals surface area contributed by atoms with Gasteiger partial charge in [-0.3, -0.25) is 0 Å². The van der Waals surface area contributed by atoms with Gasteiger partial charge in [-0.1, -0.05) is 19.2 Å². The Labute approximate surface area is 67.5 Å². The Morgan fingerprint density at radius 1 is 1.50 bits per heavy atom. The molecular weight excluding hydrogens is 144 g/mol. The molecule has 0 bridgehead atoms. The van der Waals surface area contributed by atoms with Crippen molar-refractivity contribution in [3.63, 3.8) is 0 Å². The predicted octanol–water partition coefficient (Wildman–Crippen LogP) is 2.19. The first kappa shape index (κ1) is 9.37. The molecule has 0 saturated heterocycles. The summed E-state index contributed by atoms with van der Waals surface area (Å²) < 4.78 is 5.18. The zero-order chi connectivity index (χ0) is 7.82. The third kappa shape index (κ3) is 4.27. The molecule has 0 saturated carbocycles. The van der Waals surface area contributed by atoms with Crippen LogP contribution in [0.5, 0.6) is 0 Å². The van der Waals surface area contributed by atoms with Gasteiger partial charge in [0.15, 0.2) is 0 Å². The van der Waals surface area contributed by atoms with Gasteiger partial charge in [-0.05, 0) is 12.2 Å². The van der Waals surface area contributed by atoms with Crippen LogP contribution in [0.3, 0.4) is 0 Å². The van der Waals surface area contributed by atoms with E-state index in [1.165, 1.54) is 0 Å². The van der Waals surface area contributed by atoms with Crippen molar-refractivity contribution in [1.29, 1.82) is 0 Å². The summed E-state index contributed by atoms with van der Waals surface area (Å²) in [7, 11) is 0. The number of thiol groups is 1. The summed E-state index contributed by atoms with van der Waals surface area (Å²) in [5, 5.41) is 0. The molecule has 0 N–H and O–H groups in total. The molecule has 0 rings (SSSR count). The average molecular weight is 156 g/mol. The SMILES string of the molecule is C=C/C=C(\C=C)OCCS. The van der Waals surface area contributed by atoms with Gasteiger partial charge in [0.25, 0.3) is 0 Å². The van der Waals surface area contributed by atoms with E-state index in [4.69, 9.17) is 4.74 Å². The fraction of sp³-hybridized carbons (Fsp3) is 0.250. The van der Waals surface area contributed by atoms with Crippen molar-refractivity contribution >= 4 is 12.6 Å². The van der Waals surface area contributed by atoms with E-state index in [1.807, 2.05) is 0 Å². The Hall–Kier alpha value is -0.630. The normalized spacial score (nSPS) is 10.7. The zero-order valence-corrected chi connectivity index (χ0v) is 6.81. The molecule has 0 unspecified atom stereocenters. The lowest BCUT2D eigenvalue weighted by Gasteiger charge is -2.02. The third-order valence-corrected chi connectivity index (χ3v) is 1.03. The Morgan fingerprint density at radius 3 is 2.60 bits per heavy atom. The summed E-state index contributed by atoms with van der Waals surface area (Å²) in [5.41, 5.74) is 0. The highest BCUT2D eigenvalue weighted by atomic mass is 32.1. The number of hydrogen-bond acceptors (Lipinski definition) is 2. The van der Waals surface area contributed by atoms with Crippen LogP contribution in [-0.4, -0.2) is 12.4 Å². The van der Waals surface area contributed by atoms with Crippen molar-refractivity contribution in [2.75, 3.05) is 12.4 Å². The van der Waals surface area contributed by atoms with Crippen molar-refractivity contribution in [3.8, 4) is 0 Å². The summed E-state index contributed by atoms with van der Waals surface area (Å²) in [4.78, 5) is 0. The first-order chi connectivity index (χ1) is 4.85. The van der Waals surface area contributed by atoms with Crippen molar-refractivity contribution in [1.82, 2.24) is 0 Å². The topological polar surface area (TPSA) is 9.23 Å². The lowest BCUT2D eigenvalue weighted by atomic mass is 10.4. The molecule has 0 aromatic carbocycles. The van der Waals surface area contributed by atoms with E-state index in [9.17, 15) is 0 Å². The van der Waals surface area contributed by atoms with E-state index >= 15 is 0 Å². The van der Waals surface area contributed by atoms with Crippen LogP contribution in [0.1, 0.15) is 0 Å². The summed E-state index contributed by atoms with van der Waals surface area (Å²) in [6.45, 7) is 7.71. The first-order valence-corrected chi connectivity index (χ1v) is 3.67. The van der Waals surface area contributed by atoms with Crippen LogP contribution in [0.2, 0.25) is 0 Å². The third-order valence-electron chi connectivity index (χ3n) is 0.843. The van der Waals surface area contributed by atoms with Gasteiger partial charge >= 0.3 is 0 Å². The van der Waals surface area contributed by atoms with E-state index in [0.29, 0.717) is 12.4 Å². The van der Waals surface area contributed by atoms with Gasteiger partial charge in [-0.25, -0.2) is 0 Å². The molecule has 0 atom stereocenters. The minimum absolute atomic E-state index is 0.606. The van der Waals surface area contributed by atoms with Crippen LogP contribution in [-0.2, 0) is 4.74 Å². The number of hydrogen-bond donors (Lipinski definition) is 1. The molecule has 1 nitrogen and oxygen atoms in total. The standard InChI is InChI=1S/C8H12OS/c1-3-5-8(4-2)9-6-7-10/h3-5,10H,1-2,6-7H2/b8-5+. The maximum Gasteiger partial charge on any atom is 0.118 e. The molecule has 0 radical (unpaired) electrons. The molecule has 0 amide bonds. The summed E-state index contributed by atoms with van der Waals surface area (Å²) >= 11 is 3.99. The predicted molar refractivity (Wildman–Crippen MR) is 48.3 cm³/mol. The second-order valence-corrected chi connectivity index (χ2v) is 2.03. The van der Waals surface area contributed by atoms with Crippen molar-refractivity contribution in [2.45, 2.75) is 0 Å². The quantitative estimate of drug-likeness (QED) is 0.365. The first-order valence-electron chi connectivity index (χ1n) is 3.04. The van der Waals surface area contributed by atoms with Gasteiger partial charge in [-0.2, -0.15) is 12.6 Å². The second kappa shape index (κ2) is 6.49. The molecular formula is C8H12OS. The highest BCUT2D eigenvalue weighted by Gasteiger charge is 1.86. The summed E-state index contributed by atoms with van der Waals surface area (Å²) in [6.07, 6.45) is 5.07. The molecule has 56 valence electrons. The van der Waals surface area contributed by atoms with Crippen LogP contribution in [0.4, 0.5) is 0 Å². The highest BCUT2D eigenvalue weighted by molar-refractivity contribution is 7.80. The Balaban J connectivity index is 3.70. The monoisotopic (exact) mass is 156 g/mol. The molecule has 0 aliphatic heterocycles. The van der Waals surface area contributed by atoms with Gasteiger partial charge in [0.2, 0.25) is 0 Å². The molecule has 0 aromatic rings. The van der Waals surface area contributed by atoms with E-state index < -0.39 is 0 Å². The van der Waals surface area contributed by atoms with Crippen molar-refractivity contribution in [3.05, 3.63) is 37.1 Å². The van der Waals surface area contributed by atoms with E-state index in [-0.39, 0.29) is 0 Å². The molecule has 2 heteroatoms. The van der Waals surface area contributed by atoms with E-state index in [1.54, 1.807) is 18.2 Å². The lowest BCUT2D eigenvalue weighted by molar-refractivity contribution is 0.246. The zero-order valence-electron chi connectivity index (χ0n) is 5.92. The van der Waals surface area contributed by atoms with Crippen molar-refractivity contribution < 1.29 is 4.74 Å². The Morgan fingerprint density at radius 2 is 2.20 bits per heavy atom. The Kier molecular flexibility index (Phi) is 6.08. The smallest absolute Gasteiger partial charge is 0.118 e. The van der Waals surface area contributed by atoms with Gasteiger partial charge in [0.1, 0.15) is 5.76 Å². The average Bonchev–Trinajstić information content (AvgIpc) is 1.98. The minimum atomic E-state index is 0.606. The number of ether oxygens (including phenoxy) is 1. The second-order valence-electron chi connectivity index (χ2n) is 1.58. The van der Waals surface area contributed by atoms with Crippen LogP contribution in [0.15, 0.2) is 37.1 Å². The summed E-state index contributed by atoms with van der Waals surface area (Å²) in [6, 6.07) is 0. The lowest BCUT2D eigenvalue weighted by Crippen LogP contribution is -1.92. The van der Waals surface area contributed by atoms with Crippen LogP contribution >= 0.6 is 12.6 Å².